The van der Waals surface area contributed by atoms with Gasteiger partial charge in [0, 0.05) is 5.56 Å². The maximum Gasteiger partial charge on any atom is 0.422 e. The van der Waals surface area contributed by atoms with Gasteiger partial charge in [-0.25, -0.2) is 0 Å². The van der Waals surface area contributed by atoms with E-state index in [1.54, 1.807) is 18.2 Å². The standard InChI is InChI=1S/C21H22ClF3O3/c1-12(2)8-17(20(26)27)15-9-16(14-6-4-13(3)5-7-14)19(22)18(10-15)28-11-21(23,24)25/h4-7,9-10,12,17H,8,11H2,1-3H3,(H,26,27). The number of rotatable bonds is 7. The van der Waals surface area contributed by atoms with Gasteiger partial charge >= 0.3 is 12.1 Å². The number of benzene rings is 2. The van der Waals surface area contributed by atoms with Gasteiger partial charge in [-0.15, -0.1) is 0 Å². The first-order valence-corrected chi connectivity index (χ1v) is 9.18. The van der Waals surface area contributed by atoms with Crippen LogP contribution in [-0.2, 0) is 4.79 Å². The van der Waals surface area contributed by atoms with Crippen molar-refractivity contribution in [1.82, 2.24) is 0 Å². The number of hydrogen-bond donors (Lipinski definition) is 1. The van der Waals surface area contributed by atoms with Crippen molar-refractivity contribution in [2.24, 2.45) is 5.92 Å². The molecule has 1 unspecified atom stereocenters. The highest BCUT2D eigenvalue weighted by Gasteiger charge is 2.30. The van der Waals surface area contributed by atoms with Crippen molar-refractivity contribution in [3.05, 3.63) is 52.5 Å². The molecule has 1 N–H and O–H groups in total. The van der Waals surface area contributed by atoms with E-state index >= 15 is 0 Å². The van der Waals surface area contributed by atoms with Crippen LogP contribution in [0, 0.1) is 12.8 Å². The Morgan fingerprint density at radius 3 is 2.29 bits per heavy atom. The molecule has 0 saturated carbocycles. The van der Waals surface area contributed by atoms with Crippen LogP contribution >= 0.6 is 11.6 Å². The summed E-state index contributed by atoms with van der Waals surface area (Å²) in [6, 6.07) is 10.2. The first-order valence-electron chi connectivity index (χ1n) is 8.80. The van der Waals surface area contributed by atoms with E-state index in [1.165, 1.54) is 6.07 Å². The highest BCUT2D eigenvalue weighted by Crippen LogP contribution is 2.40. The summed E-state index contributed by atoms with van der Waals surface area (Å²) in [5, 5.41) is 9.66. The van der Waals surface area contributed by atoms with E-state index in [9.17, 15) is 23.1 Å². The number of halogens is 4. The Kier molecular flexibility index (Phi) is 6.99. The lowest BCUT2D eigenvalue weighted by Gasteiger charge is -2.20. The largest absolute Gasteiger partial charge is 0.483 e. The molecule has 0 heterocycles. The van der Waals surface area contributed by atoms with Gasteiger partial charge in [-0.1, -0.05) is 55.3 Å². The second kappa shape index (κ2) is 8.86. The van der Waals surface area contributed by atoms with Gasteiger partial charge in [-0.3, -0.25) is 4.79 Å². The van der Waals surface area contributed by atoms with Gasteiger partial charge in [0.2, 0.25) is 0 Å². The number of hydrogen-bond acceptors (Lipinski definition) is 2. The van der Waals surface area contributed by atoms with E-state index in [-0.39, 0.29) is 16.7 Å². The second-order valence-corrected chi connectivity index (χ2v) is 7.55. The minimum atomic E-state index is -4.53. The van der Waals surface area contributed by atoms with E-state index in [1.807, 2.05) is 32.9 Å². The van der Waals surface area contributed by atoms with Crippen molar-refractivity contribution < 1.29 is 27.8 Å². The minimum Gasteiger partial charge on any atom is -0.483 e. The first kappa shape index (κ1) is 22.1. The van der Waals surface area contributed by atoms with Crippen LogP contribution in [0.2, 0.25) is 5.02 Å². The molecule has 3 nitrogen and oxygen atoms in total. The molecule has 0 aliphatic carbocycles. The van der Waals surface area contributed by atoms with E-state index in [2.05, 4.69) is 0 Å². The van der Waals surface area contributed by atoms with E-state index in [0.717, 1.165) is 5.56 Å². The molecule has 0 aliphatic rings. The van der Waals surface area contributed by atoms with Gasteiger partial charge in [-0.2, -0.15) is 13.2 Å². The lowest BCUT2D eigenvalue weighted by atomic mass is 9.88. The Morgan fingerprint density at radius 1 is 1.18 bits per heavy atom. The number of carbonyl (C=O) groups is 1. The number of ether oxygens (including phenoxy) is 1. The Hall–Kier alpha value is -2.21. The van der Waals surface area contributed by atoms with Crippen LogP contribution in [0.15, 0.2) is 36.4 Å². The zero-order valence-corrected chi connectivity index (χ0v) is 16.6. The van der Waals surface area contributed by atoms with Crippen molar-refractivity contribution in [3.8, 4) is 16.9 Å². The Labute approximate surface area is 167 Å². The smallest absolute Gasteiger partial charge is 0.422 e. The Morgan fingerprint density at radius 2 is 1.79 bits per heavy atom. The predicted molar refractivity (Wildman–Crippen MR) is 103 cm³/mol. The average Bonchev–Trinajstić information content (AvgIpc) is 2.58. The Bertz CT molecular complexity index is 830. The van der Waals surface area contributed by atoms with E-state index in [0.29, 0.717) is 23.1 Å². The summed E-state index contributed by atoms with van der Waals surface area (Å²) >= 11 is 6.33. The van der Waals surface area contributed by atoms with E-state index < -0.39 is 24.7 Å². The molecule has 0 amide bonds. The zero-order valence-electron chi connectivity index (χ0n) is 15.8. The molecule has 0 bridgehead atoms. The number of carboxylic acids is 1. The SMILES string of the molecule is Cc1ccc(-c2cc(C(CC(C)C)C(=O)O)cc(OCC(F)(F)F)c2Cl)cc1. The maximum atomic E-state index is 12.6. The summed E-state index contributed by atoms with van der Waals surface area (Å²) in [6.07, 6.45) is -4.20. The lowest BCUT2D eigenvalue weighted by molar-refractivity contribution is -0.153. The summed E-state index contributed by atoms with van der Waals surface area (Å²) < 4.78 is 42.8. The van der Waals surface area contributed by atoms with Crippen molar-refractivity contribution in [1.29, 1.82) is 0 Å². The zero-order chi connectivity index (χ0) is 21.1. The summed E-state index contributed by atoms with van der Waals surface area (Å²) in [5.74, 6) is -2.02. The fourth-order valence-corrected chi connectivity index (χ4v) is 3.15. The van der Waals surface area contributed by atoms with Crippen LogP contribution in [0.25, 0.3) is 11.1 Å². The van der Waals surface area contributed by atoms with Crippen molar-refractivity contribution in [2.45, 2.75) is 39.3 Å². The van der Waals surface area contributed by atoms with Crippen molar-refractivity contribution in [2.75, 3.05) is 6.61 Å². The van der Waals surface area contributed by atoms with Crippen LogP contribution in [0.1, 0.15) is 37.3 Å². The fourth-order valence-electron chi connectivity index (χ4n) is 2.88. The molecule has 1 atom stereocenters. The molecule has 0 fully saturated rings. The summed E-state index contributed by atoms with van der Waals surface area (Å²) in [6.45, 7) is 4.16. The molecule has 2 aromatic rings. The molecule has 0 spiro atoms. The van der Waals surface area contributed by atoms with Crippen LogP contribution in [0.4, 0.5) is 13.2 Å². The third-order valence-corrected chi connectivity index (χ3v) is 4.61. The number of carboxylic acid groups (broad SMARTS) is 1. The number of aliphatic carboxylic acids is 1. The van der Waals surface area contributed by atoms with Crippen LogP contribution < -0.4 is 4.74 Å². The van der Waals surface area contributed by atoms with Crippen LogP contribution in [-0.4, -0.2) is 23.9 Å². The normalized spacial score (nSPS) is 12.9. The summed E-state index contributed by atoms with van der Waals surface area (Å²) in [5.41, 5.74) is 2.47. The maximum absolute atomic E-state index is 12.6. The Balaban J connectivity index is 2.59. The number of aryl methyl sites for hydroxylation is 1. The molecular formula is C21H22ClF3O3. The summed E-state index contributed by atoms with van der Waals surface area (Å²) in [4.78, 5) is 11.8. The average molecular weight is 415 g/mol. The van der Waals surface area contributed by atoms with Gasteiger partial charge in [0.15, 0.2) is 6.61 Å². The molecular weight excluding hydrogens is 393 g/mol. The topological polar surface area (TPSA) is 46.5 Å². The predicted octanol–water partition coefficient (Wildman–Crippen LogP) is 6.47. The van der Waals surface area contributed by atoms with Crippen molar-refractivity contribution in [3.63, 3.8) is 0 Å². The minimum absolute atomic E-state index is 0.0190. The molecule has 152 valence electrons. The fraction of sp³-hybridized carbons (Fsp3) is 0.381. The van der Waals surface area contributed by atoms with Gasteiger partial charge in [-0.05, 0) is 42.5 Å². The summed E-state index contributed by atoms with van der Waals surface area (Å²) in [7, 11) is 0. The van der Waals surface area contributed by atoms with E-state index in [4.69, 9.17) is 16.3 Å². The van der Waals surface area contributed by atoms with Gasteiger partial charge < -0.3 is 9.84 Å². The molecule has 2 rings (SSSR count). The highest BCUT2D eigenvalue weighted by atomic mass is 35.5. The highest BCUT2D eigenvalue weighted by molar-refractivity contribution is 6.34. The van der Waals surface area contributed by atoms with Crippen molar-refractivity contribution >= 4 is 17.6 Å². The third-order valence-electron chi connectivity index (χ3n) is 4.22. The second-order valence-electron chi connectivity index (χ2n) is 7.17. The van der Waals surface area contributed by atoms with Crippen LogP contribution in [0.3, 0.4) is 0 Å². The molecule has 7 heteroatoms. The molecule has 2 aromatic carbocycles. The third kappa shape index (κ3) is 5.89. The van der Waals surface area contributed by atoms with Gasteiger partial charge in [0.05, 0.1) is 10.9 Å². The van der Waals surface area contributed by atoms with Gasteiger partial charge in [0.1, 0.15) is 5.75 Å². The molecule has 0 aromatic heterocycles. The van der Waals surface area contributed by atoms with Gasteiger partial charge in [0.25, 0.3) is 0 Å². The quantitative estimate of drug-likeness (QED) is 0.564. The first-order chi connectivity index (χ1) is 13.0. The molecule has 0 aliphatic heterocycles. The monoisotopic (exact) mass is 414 g/mol. The molecule has 28 heavy (non-hydrogen) atoms. The van der Waals surface area contributed by atoms with Crippen LogP contribution in [0.5, 0.6) is 5.75 Å². The molecule has 0 radical (unpaired) electrons. The number of alkyl halides is 3. The lowest BCUT2D eigenvalue weighted by Crippen LogP contribution is -2.20. The molecule has 0 saturated heterocycles.